The highest BCUT2D eigenvalue weighted by Crippen LogP contribution is 2.26. The molecule has 0 bridgehead atoms. The van der Waals surface area contributed by atoms with Crippen molar-refractivity contribution >= 4 is 11.8 Å². The van der Waals surface area contributed by atoms with Gasteiger partial charge >= 0.3 is 11.7 Å². The molecular formula is C20H25N7O3. The highest BCUT2D eigenvalue weighted by atomic mass is 16.5. The van der Waals surface area contributed by atoms with Crippen molar-refractivity contribution in [3.05, 3.63) is 52.5 Å². The predicted octanol–water partition coefficient (Wildman–Crippen LogP) is 2.84. The first-order valence-electron chi connectivity index (χ1n) is 9.34. The van der Waals surface area contributed by atoms with Crippen LogP contribution < -0.4 is 15.7 Å². The molecule has 0 saturated heterocycles. The monoisotopic (exact) mass is 411 g/mol. The third-order valence-electron chi connectivity index (χ3n) is 4.17. The molecule has 3 rings (SSSR count). The maximum Gasteiger partial charge on any atom is 0.349 e. The predicted molar refractivity (Wildman–Crippen MR) is 112 cm³/mol. The molecule has 0 aliphatic rings. The fourth-order valence-corrected chi connectivity index (χ4v) is 2.47. The van der Waals surface area contributed by atoms with Gasteiger partial charge in [0.25, 0.3) is 0 Å². The van der Waals surface area contributed by atoms with Crippen LogP contribution in [-0.4, -0.2) is 49.8 Å². The van der Waals surface area contributed by atoms with Crippen molar-refractivity contribution in [1.29, 1.82) is 0 Å². The van der Waals surface area contributed by atoms with E-state index in [0.717, 1.165) is 0 Å². The fraction of sp³-hybridized carbons (Fsp3) is 0.350. The van der Waals surface area contributed by atoms with Crippen LogP contribution in [0.25, 0.3) is 5.82 Å². The van der Waals surface area contributed by atoms with Crippen LogP contribution in [0.2, 0.25) is 0 Å². The average molecular weight is 411 g/mol. The number of amides is 2. The van der Waals surface area contributed by atoms with Crippen LogP contribution >= 0.6 is 0 Å². The van der Waals surface area contributed by atoms with Gasteiger partial charge in [0.15, 0.2) is 5.82 Å². The van der Waals surface area contributed by atoms with Crippen molar-refractivity contribution < 1.29 is 9.53 Å². The first-order valence-corrected chi connectivity index (χ1v) is 9.34. The van der Waals surface area contributed by atoms with E-state index in [1.807, 2.05) is 20.8 Å². The van der Waals surface area contributed by atoms with Crippen LogP contribution in [0.4, 0.5) is 10.6 Å². The lowest BCUT2D eigenvalue weighted by Crippen LogP contribution is -2.27. The van der Waals surface area contributed by atoms with Crippen molar-refractivity contribution in [2.45, 2.75) is 33.1 Å². The highest BCUT2D eigenvalue weighted by Gasteiger charge is 2.21. The molecule has 2 amide bonds. The van der Waals surface area contributed by atoms with Crippen molar-refractivity contribution in [2.75, 3.05) is 19.4 Å². The van der Waals surface area contributed by atoms with Crippen LogP contribution in [0.3, 0.4) is 0 Å². The fourth-order valence-electron chi connectivity index (χ4n) is 2.47. The number of anilines is 1. The van der Waals surface area contributed by atoms with E-state index in [-0.39, 0.29) is 17.1 Å². The van der Waals surface area contributed by atoms with Gasteiger partial charge < -0.3 is 9.64 Å². The summed E-state index contributed by atoms with van der Waals surface area (Å²) in [7, 11) is 3.28. The summed E-state index contributed by atoms with van der Waals surface area (Å²) in [6.45, 7) is 7.68. The van der Waals surface area contributed by atoms with E-state index in [2.05, 4.69) is 25.4 Å². The number of aromatic nitrogens is 5. The summed E-state index contributed by atoms with van der Waals surface area (Å²) in [6, 6.07) is 6.37. The number of H-pyrrole nitrogens is 1. The molecule has 0 atom stereocenters. The largest absolute Gasteiger partial charge is 0.455 e. The second-order valence-corrected chi connectivity index (χ2v) is 8.00. The number of hydrogen-bond donors (Lipinski definition) is 2. The minimum Gasteiger partial charge on any atom is -0.455 e. The molecule has 0 aromatic carbocycles. The Morgan fingerprint density at radius 1 is 1.23 bits per heavy atom. The van der Waals surface area contributed by atoms with E-state index in [1.54, 1.807) is 45.3 Å². The lowest BCUT2D eigenvalue weighted by Gasteiger charge is -2.13. The minimum atomic E-state index is -0.351. The van der Waals surface area contributed by atoms with Crippen LogP contribution in [0.1, 0.15) is 32.3 Å². The molecule has 0 unspecified atom stereocenters. The second kappa shape index (κ2) is 7.97. The van der Waals surface area contributed by atoms with Gasteiger partial charge in [-0.3, -0.25) is 10.3 Å². The number of urea groups is 1. The summed E-state index contributed by atoms with van der Waals surface area (Å²) < 4.78 is 7.12. The summed E-state index contributed by atoms with van der Waals surface area (Å²) in [4.78, 5) is 36.8. The summed E-state index contributed by atoms with van der Waals surface area (Å²) >= 11 is 0. The van der Waals surface area contributed by atoms with E-state index in [4.69, 9.17) is 4.74 Å². The Kier molecular flexibility index (Phi) is 5.59. The summed E-state index contributed by atoms with van der Waals surface area (Å²) in [6.07, 6.45) is 1.54. The van der Waals surface area contributed by atoms with Crippen LogP contribution in [0, 0.1) is 6.92 Å². The van der Waals surface area contributed by atoms with E-state index in [1.165, 1.54) is 15.8 Å². The zero-order chi connectivity index (χ0) is 22.1. The normalized spacial score (nSPS) is 11.3. The van der Waals surface area contributed by atoms with Gasteiger partial charge in [-0.25, -0.2) is 19.6 Å². The molecular weight excluding hydrogens is 386 g/mol. The summed E-state index contributed by atoms with van der Waals surface area (Å²) in [5.74, 6) is 2.34. The van der Waals surface area contributed by atoms with Gasteiger partial charge in [-0.15, -0.1) is 5.10 Å². The Labute approximate surface area is 173 Å². The molecule has 0 radical (unpaired) electrons. The van der Waals surface area contributed by atoms with Crippen molar-refractivity contribution in [3.8, 4) is 17.3 Å². The van der Waals surface area contributed by atoms with E-state index in [9.17, 15) is 9.59 Å². The smallest absolute Gasteiger partial charge is 0.349 e. The van der Waals surface area contributed by atoms with Gasteiger partial charge in [0.2, 0.25) is 0 Å². The molecule has 0 fully saturated rings. The Morgan fingerprint density at radius 2 is 1.97 bits per heavy atom. The Balaban J connectivity index is 1.83. The number of carbonyl (C=O) groups is 1. The second-order valence-electron chi connectivity index (χ2n) is 8.00. The Hall–Kier alpha value is -3.69. The molecule has 10 nitrogen and oxygen atoms in total. The maximum atomic E-state index is 12.3. The number of ether oxygens (including phenoxy) is 1. The maximum absolute atomic E-state index is 12.3. The highest BCUT2D eigenvalue weighted by molar-refractivity contribution is 5.88. The zero-order valence-electron chi connectivity index (χ0n) is 17.8. The zero-order valence-corrected chi connectivity index (χ0v) is 17.8. The lowest BCUT2D eigenvalue weighted by atomic mass is 9.96. The van der Waals surface area contributed by atoms with Gasteiger partial charge in [-0.05, 0) is 25.1 Å². The Bertz CT molecular complexity index is 1130. The van der Waals surface area contributed by atoms with Gasteiger partial charge in [-0.2, -0.15) is 4.68 Å². The molecule has 2 N–H and O–H groups in total. The first kappa shape index (κ1) is 21.0. The summed E-state index contributed by atoms with van der Waals surface area (Å²) in [5, 5.41) is 7.02. The third kappa shape index (κ3) is 4.65. The molecule has 0 spiro atoms. The topological polar surface area (TPSA) is 118 Å². The minimum absolute atomic E-state index is 0.288. The number of nitrogens with zero attached hydrogens (tertiary/aromatic N) is 5. The van der Waals surface area contributed by atoms with E-state index >= 15 is 0 Å². The average Bonchev–Trinajstić information content (AvgIpc) is 3.06. The molecule has 0 aliphatic heterocycles. The summed E-state index contributed by atoms with van der Waals surface area (Å²) in [5.41, 5.74) is -0.0601. The van der Waals surface area contributed by atoms with Gasteiger partial charge in [-0.1, -0.05) is 20.8 Å². The number of hydrogen-bond acceptors (Lipinski definition) is 6. The van der Waals surface area contributed by atoms with Crippen LogP contribution in [0.5, 0.6) is 11.5 Å². The number of carbonyl (C=O) groups excluding carboxylic acids is 1. The SMILES string of the molecule is Cc1nc(-n2nc(C(C)(C)C)[nH]c2=O)ccc1Oc1ccnc(NC(=O)N(C)C)c1. The molecule has 0 saturated carbocycles. The molecule has 3 aromatic heterocycles. The molecule has 3 heterocycles. The number of pyridine rings is 2. The number of rotatable bonds is 4. The van der Waals surface area contributed by atoms with Crippen LogP contribution in [-0.2, 0) is 5.41 Å². The standard InChI is InChI=1S/C20H25N7O3/c1-12-14(30-13-9-10-21-15(11-13)23-18(28)26(5)6)7-8-16(22-12)27-19(29)24-17(25-27)20(2,3)4/h7-11H,1-6H3,(H,21,23,28)(H,24,25,29). The van der Waals surface area contributed by atoms with E-state index < -0.39 is 0 Å². The van der Waals surface area contributed by atoms with Crippen molar-refractivity contribution in [1.82, 2.24) is 29.6 Å². The van der Waals surface area contributed by atoms with Crippen molar-refractivity contribution in [2.24, 2.45) is 0 Å². The molecule has 30 heavy (non-hydrogen) atoms. The molecule has 0 aliphatic carbocycles. The number of nitrogens with one attached hydrogen (secondary N) is 2. The lowest BCUT2D eigenvalue weighted by molar-refractivity contribution is 0.230. The third-order valence-corrected chi connectivity index (χ3v) is 4.17. The molecule has 158 valence electrons. The Morgan fingerprint density at radius 3 is 2.57 bits per heavy atom. The van der Waals surface area contributed by atoms with Gasteiger partial charge in [0, 0.05) is 31.8 Å². The van der Waals surface area contributed by atoms with E-state index in [0.29, 0.717) is 34.7 Å². The quantitative estimate of drug-likeness (QED) is 0.682. The molecule has 3 aromatic rings. The van der Waals surface area contributed by atoms with Gasteiger partial charge in [0.1, 0.15) is 23.1 Å². The first-order chi connectivity index (χ1) is 14.0. The van der Waals surface area contributed by atoms with Gasteiger partial charge in [0.05, 0.1) is 5.69 Å². The molecule has 10 heteroatoms. The van der Waals surface area contributed by atoms with Crippen LogP contribution in [0.15, 0.2) is 35.3 Å². The number of aromatic amines is 1. The number of aryl methyl sites for hydroxylation is 1. The van der Waals surface area contributed by atoms with Crippen molar-refractivity contribution in [3.63, 3.8) is 0 Å².